The molecule has 44 heavy (non-hydrogen) atoms. The highest BCUT2D eigenvalue weighted by atomic mass is 32.2. The molecule has 5 rings (SSSR count). The Kier molecular flexibility index (Phi) is 9.23. The van der Waals surface area contributed by atoms with Crippen molar-refractivity contribution in [2.75, 3.05) is 22.5 Å². The van der Waals surface area contributed by atoms with Crippen molar-refractivity contribution >= 4 is 34.3 Å². The van der Waals surface area contributed by atoms with Crippen molar-refractivity contribution in [3.8, 4) is 11.4 Å². The van der Waals surface area contributed by atoms with E-state index in [1.54, 1.807) is 25.1 Å². The molecule has 0 unspecified atom stereocenters. The van der Waals surface area contributed by atoms with Crippen molar-refractivity contribution in [1.82, 2.24) is 14.8 Å². The number of amides is 2. The van der Waals surface area contributed by atoms with Gasteiger partial charge in [-0.15, -0.1) is 13.2 Å². The molecule has 1 N–H and O–H groups in total. The zero-order valence-corrected chi connectivity index (χ0v) is 25.0. The Balaban J connectivity index is 1.17. The summed E-state index contributed by atoms with van der Waals surface area (Å²) in [4.78, 5) is 23.4. The molecule has 1 aliphatic heterocycles. The number of anilines is 2. The Hall–Kier alpha value is -4.39. The quantitative estimate of drug-likeness (QED) is 0.202. The van der Waals surface area contributed by atoms with Gasteiger partial charge in [0.1, 0.15) is 17.9 Å². The SMILES string of the molecule is Cc1cc(N2CCS/C2=N\C(=O)Nc2ccc(CCc3ncn(-c4ccc(OC(F)(F)F)cc4)n3)cc2)c(C(C)C)cc1F. The van der Waals surface area contributed by atoms with Gasteiger partial charge in [-0.3, -0.25) is 0 Å². The number of hydrogen-bond acceptors (Lipinski definition) is 5. The van der Waals surface area contributed by atoms with E-state index in [-0.39, 0.29) is 17.5 Å². The molecule has 1 saturated heterocycles. The average Bonchev–Trinajstić information content (AvgIpc) is 3.63. The molecule has 0 aliphatic carbocycles. The van der Waals surface area contributed by atoms with Crippen LogP contribution in [0.2, 0.25) is 0 Å². The second-order valence-electron chi connectivity index (χ2n) is 10.5. The van der Waals surface area contributed by atoms with Crippen LogP contribution in [0.4, 0.5) is 33.7 Å². The van der Waals surface area contributed by atoms with Crippen LogP contribution in [0.15, 0.2) is 72.0 Å². The fourth-order valence-electron chi connectivity index (χ4n) is 4.68. The van der Waals surface area contributed by atoms with Gasteiger partial charge >= 0.3 is 12.4 Å². The Bertz CT molecular complexity index is 1650. The molecule has 1 aromatic heterocycles. The van der Waals surface area contributed by atoms with Crippen LogP contribution in [0.25, 0.3) is 5.69 Å². The number of carbonyl (C=O) groups is 1. The number of ether oxygens (including phenoxy) is 1. The first-order valence-electron chi connectivity index (χ1n) is 13.9. The van der Waals surface area contributed by atoms with Gasteiger partial charge in [0.05, 0.1) is 5.69 Å². The first-order valence-corrected chi connectivity index (χ1v) is 14.9. The molecule has 3 aromatic carbocycles. The van der Waals surface area contributed by atoms with Gasteiger partial charge in [-0.1, -0.05) is 37.7 Å². The number of aliphatic imine (C=N–C) groups is 1. The molecule has 1 fully saturated rings. The van der Waals surface area contributed by atoms with Gasteiger partial charge in [-0.25, -0.2) is 18.9 Å². The first kappa shape index (κ1) is 31.0. The van der Waals surface area contributed by atoms with E-state index in [9.17, 15) is 22.4 Å². The predicted octanol–water partition coefficient (Wildman–Crippen LogP) is 7.66. The number of nitrogens with zero attached hydrogens (tertiary/aromatic N) is 5. The van der Waals surface area contributed by atoms with Crippen LogP contribution in [-0.2, 0) is 12.8 Å². The summed E-state index contributed by atoms with van der Waals surface area (Å²) in [6, 6.07) is 15.6. The fourth-order valence-corrected chi connectivity index (χ4v) is 5.63. The van der Waals surface area contributed by atoms with Crippen LogP contribution in [0.1, 0.15) is 42.3 Å². The molecule has 2 heterocycles. The minimum Gasteiger partial charge on any atom is -0.406 e. The number of rotatable bonds is 8. The fraction of sp³-hybridized carbons (Fsp3) is 0.290. The van der Waals surface area contributed by atoms with Crippen molar-refractivity contribution in [3.63, 3.8) is 0 Å². The van der Waals surface area contributed by atoms with Gasteiger partial charge < -0.3 is 15.0 Å². The predicted molar refractivity (Wildman–Crippen MR) is 163 cm³/mol. The molecule has 0 bridgehead atoms. The molecule has 230 valence electrons. The van der Waals surface area contributed by atoms with Crippen LogP contribution in [-0.4, -0.2) is 44.6 Å². The Morgan fingerprint density at radius 3 is 2.50 bits per heavy atom. The molecule has 0 saturated carbocycles. The second-order valence-corrected chi connectivity index (χ2v) is 11.5. The lowest BCUT2D eigenvalue weighted by Gasteiger charge is -2.24. The van der Waals surface area contributed by atoms with E-state index >= 15 is 0 Å². The zero-order chi connectivity index (χ0) is 31.4. The minimum absolute atomic E-state index is 0.105. The summed E-state index contributed by atoms with van der Waals surface area (Å²) in [5.74, 6) is 0.888. The number of benzene rings is 3. The van der Waals surface area contributed by atoms with Crippen LogP contribution >= 0.6 is 11.8 Å². The Labute approximate surface area is 256 Å². The molecule has 13 heteroatoms. The van der Waals surface area contributed by atoms with Crippen LogP contribution in [0, 0.1) is 12.7 Å². The average molecular weight is 627 g/mol. The van der Waals surface area contributed by atoms with E-state index in [1.165, 1.54) is 47.0 Å². The number of thioether (sulfide) groups is 1. The second kappa shape index (κ2) is 13.1. The first-order chi connectivity index (χ1) is 20.9. The summed E-state index contributed by atoms with van der Waals surface area (Å²) >= 11 is 1.49. The van der Waals surface area contributed by atoms with E-state index < -0.39 is 12.4 Å². The molecular formula is C31H30F4N6O2S. The number of halogens is 4. The van der Waals surface area contributed by atoms with Crippen molar-refractivity contribution < 1.29 is 27.1 Å². The summed E-state index contributed by atoms with van der Waals surface area (Å²) in [5, 5.41) is 7.79. The Morgan fingerprint density at radius 1 is 1.09 bits per heavy atom. The van der Waals surface area contributed by atoms with Crippen molar-refractivity contribution in [1.29, 1.82) is 0 Å². The van der Waals surface area contributed by atoms with E-state index in [0.717, 1.165) is 22.6 Å². The lowest BCUT2D eigenvalue weighted by atomic mass is 9.98. The molecular weight excluding hydrogens is 596 g/mol. The lowest BCUT2D eigenvalue weighted by Crippen LogP contribution is -2.27. The molecule has 0 radical (unpaired) electrons. The summed E-state index contributed by atoms with van der Waals surface area (Å²) in [7, 11) is 0. The number of urea groups is 1. The van der Waals surface area contributed by atoms with Crippen LogP contribution < -0.4 is 15.0 Å². The third-order valence-electron chi connectivity index (χ3n) is 6.91. The number of hydrogen-bond donors (Lipinski definition) is 1. The highest BCUT2D eigenvalue weighted by Crippen LogP contribution is 2.34. The van der Waals surface area contributed by atoms with Crippen LogP contribution in [0.5, 0.6) is 5.75 Å². The molecule has 2 amide bonds. The van der Waals surface area contributed by atoms with Crippen molar-refractivity contribution in [2.45, 2.75) is 45.9 Å². The van der Waals surface area contributed by atoms with Crippen molar-refractivity contribution in [3.05, 3.63) is 95.3 Å². The monoisotopic (exact) mass is 626 g/mol. The zero-order valence-electron chi connectivity index (χ0n) is 24.2. The number of nitrogens with one attached hydrogen (secondary N) is 1. The van der Waals surface area contributed by atoms with E-state index in [4.69, 9.17) is 0 Å². The molecule has 0 atom stereocenters. The van der Waals surface area contributed by atoms with E-state index in [2.05, 4.69) is 25.1 Å². The number of amidine groups is 1. The number of alkyl halides is 3. The molecule has 0 spiro atoms. The van der Waals surface area contributed by atoms with Gasteiger partial charge in [0.15, 0.2) is 11.0 Å². The van der Waals surface area contributed by atoms with Crippen LogP contribution in [0.3, 0.4) is 0 Å². The Morgan fingerprint density at radius 2 is 1.82 bits per heavy atom. The maximum Gasteiger partial charge on any atom is 0.573 e. The normalized spacial score (nSPS) is 14.5. The molecule has 4 aromatic rings. The van der Waals surface area contributed by atoms with Gasteiger partial charge in [0, 0.05) is 30.1 Å². The number of carbonyl (C=O) groups excluding carboxylic acids is 1. The van der Waals surface area contributed by atoms with E-state index in [0.29, 0.717) is 47.3 Å². The van der Waals surface area contributed by atoms with Gasteiger partial charge in [-0.05, 0) is 84.5 Å². The number of aryl methyl sites for hydroxylation is 3. The van der Waals surface area contributed by atoms with Crippen molar-refractivity contribution in [2.24, 2.45) is 4.99 Å². The lowest BCUT2D eigenvalue weighted by molar-refractivity contribution is -0.274. The number of aromatic nitrogens is 3. The maximum atomic E-state index is 14.3. The van der Waals surface area contributed by atoms with Gasteiger partial charge in [-0.2, -0.15) is 10.1 Å². The van der Waals surface area contributed by atoms with Gasteiger partial charge in [0.2, 0.25) is 0 Å². The van der Waals surface area contributed by atoms with Gasteiger partial charge in [0.25, 0.3) is 0 Å². The smallest absolute Gasteiger partial charge is 0.406 e. The topological polar surface area (TPSA) is 84.6 Å². The highest BCUT2D eigenvalue weighted by Gasteiger charge is 2.31. The maximum absolute atomic E-state index is 14.3. The third kappa shape index (κ3) is 7.76. The third-order valence-corrected chi connectivity index (χ3v) is 7.87. The summed E-state index contributed by atoms with van der Waals surface area (Å²) in [6.45, 7) is 6.42. The summed E-state index contributed by atoms with van der Waals surface area (Å²) in [5.41, 5.74) is 4.43. The standard InChI is InChI=1S/C31H30F4N6O2S/c1-19(2)25-17-26(32)20(3)16-27(25)40-14-15-44-30(40)38-29(42)37-22-7-4-21(5-8-22)6-13-28-36-18-41(39-28)23-9-11-24(12-10-23)43-31(33,34)35/h4-5,7-12,16-19H,6,13-15H2,1-3H3,(H,37,42)/b38-30-. The summed E-state index contributed by atoms with van der Waals surface area (Å²) in [6.07, 6.45) is -2.07. The van der Waals surface area contributed by atoms with E-state index in [1.807, 2.05) is 36.9 Å². The summed E-state index contributed by atoms with van der Waals surface area (Å²) < 4.78 is 56.8. The minimum atomic E-state index is -4.75. The molecule has 8 nitrogen and oxygen atoms in total. The highest BCUT2D eigenvalue weighted by molar-refractivity contribution is 8.14. The largest absolute Gasteiger partial charge is 0.573 e. The molecule has 1 aliphatic rings.